The van der Waals surface area contributed by atoms with Crippen molar-refractivity contribution < 1.29 is 14.6 Å². The van der Waals surface area contributed by atoms with Crippen LogP contribution in [-0.4, -0.2) is 18.2 Å². The molecule has 4 heteroatoms. The first-order chi connectivity index (χ1) is 7.58. The van der Waals surface area contributed by atoms with Gasteiger partial charge in [-0.25, -0.2) is 4.79 Å². The van der Waals surface area contributed by atoms with Gasteiger partial charge >= 0.3 is 5.97 Å². The van der Waals surface area contributed by atoms with Crippen LogP contribution in [-0.2, 0) is 16.8 Å². The second kappa shape index (κ2) is 3.79. The quantitative estimate of drug-likeness (QED) is 0.788. The maximum Gasteiger partial charge on any atom is 0.328 e. The highest BCUT2D eigenvalue weighted by Crippen LogP contribution is 2.35. The highest BCUT2D eigenvalue weighted by atomic mass is 16.5. The van der Waals surface area contributed by atoms with Crippen molar-refractivity contribution in [3.8, 4) is 5.75 Å². The van der Waals surface area contributed by atoms with Crippen LogP contribution in [0, 0.1) is 0 Å². The summed E-state index contributed by atoms with van der Waals surface area (Å²) in [4.78, 5) is 11.3. The highest BCUT2D eigenvalue weighted by Gasteiger charge is 2.40. The van der Waals surface area contributed by atoms with E-state index in [1.54, 1.807) is 13.2 Å². The number of hydrogen-bond donors (Lipinski definition) is 2. The van der Waals surface area contributed by atoms with Gasteiger partial charge in [0.15, 0.2) is 0 Å². The number of nitrogens with two attached hydrogens (primary N) is 1. The van der Waals surface area contributed by atoms with Crippen LogP contribution >= 0.6 is 0 Å². The molecule has 0 aromatic heterocycles. The molecule has 1 unspecified atom stereocenters. The van der Waals surface area contributed by atoms with Crippen molar-refractivity contribution in [3.05, 3.63) is 29.3 Å². The topological polar surface area (TPSA) is 72.5 Å². The number of carbonyl (C=O) groups is 1. The third-order valence-corrected chi connectivity index (χ3v) is 3.20. The molecule has 0 saturated carbocycles. The maximum absolute atomic E-state index is 11.3. The number of aryl methyl sites for hydroxylation is 1. The van der Waals surface area contributed by atoms with Crippen LogP contribution in [0.3, 0.4) is 0 Å². The first-order valence-corrected chi connectivity index (χ1v) is 5.27. The summed E-state index contributed by atoms with van der Waals surface area (Å²) in [7, 11) is 1.56. The van der Waals surface area contributed by atoms with Gasteiger partial charge in [0.1, 0.15) is 11.3 Å². The Labute approximate surface area is 94.0 Å². The number of ether oxygens (including phenoxy) is 1. The Kier molecular flexibility index (Phi) is 2.59. The number of carboxylic acid groups (broad SMARTS) is 1. The lowest BCUT2D eigenvalue weighted by Crippen LogP contribution is -2.47. The Morgan fingerprint density at radius 3 is 2.94 bits per heavy atom. The van der Waals surface area contributed by atoms with Gasteiger partial charge in [-0.15, -0.1) is 0 Å². The van der Waals surface area contributed by atoms with Crippen molar-refractivity contribution in [1.29, 1.82) is 0 Å². The van der Waals surface area contributed by atoms with Gasteiger partial charge in [-0.3, -0.25) is 0 Å². The number of hydrogen-bond acceptors (Lipinski definition) is 3. The van der Waals surface area contributed by atoms with Gasteiger partial charge in [0.2, 0.25) is 0 Å². The Morgan fingerprint density at radius 2 is 2.31 bits per heavy atom. The number of aliphatic carboxylic acids is 1. The van der Waals surface area contributed by atoms with Crippen LogP contribution in [0.1, 0.15) is 24.0 Å². The summed E-state index contributed by atoms with van der Waals surface area (Å²) < 4.78 is 5.10. The van der Waals surface area contributed by atoms with E-state index in [0.29, 0.717) is 17.7 Å². The lowest BCUT2D eigenvalue weighted by Gasteiger charge is -2.32. The normalized spacial score (nSPS) is 23.6. The van der Waals surface area contributed by atoms with E-state index in [-0.39, 0.29) is 0 Å². The van der Waals surface area contributed by atoms with Crippen LogP contribution in [0.15, 0.2) is 18.2 Å². The van der Waals surface area contributed by atoms with Gasteiger partial charge < -0.3 is 15.6 Å². The molecule has 1 aromatic carbocycles. The zero-order valence-corrected chi connectivity index (χ0v) is 9.19. The number of methoxy groups -OCH3 is 1. The summed E-state index contributed by atoms with van der Waals surface area (Å²) in [5, 5.41) is 9.24. The van der Waals surface area contributed by atoms with Crippen molar-refractivity contribution in [1.82, 2.24) is 0 Å². The second-order valence-electron chi connectivity index (χ2n) is 4.15. The lowest BCUT2D eigenvalue weighted by molar-refractivity contribution is -0.144. The molecule has 2 rings (SSSR count). The van der Waals surface area contributed by atoms with E-state index in [2.05, 4.69) is 0 Å². The molecular formula is C12H15NO3. The number of rotatable bonds is 2. The van der Waals surface area contributed by atoms with Crippen LogP contribution in [0.2, 0.25) is 0 Å². The molecule has 3 N–H and O–H groups in total. The molecule has 0 aliphatic heterocycles. The van der Waals surface area contributed by atoms with Crippen molar-refractivity contribution >= 4 is 5.97 Å². The number of carboxylic acids is 1. The summed E-state index contributed by atoms with van der Waals surface area (Å²) in [6.07, 6.45) is 2.16. The van der Waals surface area contributed by atoms with E-state index in [9.17, 15) is 9.90 Å². The van der Waals surface area contributed by atoms with Crippen molar-refractivity contribution in [2.24, 2.45) is 5.73 Å². The smallest absolute Gasteiger partial charge is 0.328 e. The van der Waals surface area contributed by atoms with Gasteiger partial charge in [-0.05, 0) is 42.5 Å². The first kappa shape index (κ1) is 11.0. The maximum atomic E-state index is 11.3. The average Bonchev–Trinajstić information content (AvgIpc) is 2.29. The number of fused-ring (bicyclic) bond motifs is 1. The zero-order valence-electron chi connectivity index (χ0n) is 9.19. The Bertz CT molecular complexity index is 430. The first-order valence-electron chi connectivity index (χ1n) is 5.27. The molecule has 0 heterocycles. The average molecular weight is 221 g/mol. The van der Waals surface area contributed by atoms with Crippen LogP contribution in [0.5, 0.6) is 5.75 Å². The zero-order chi connectivity index (χ0) is 11.8. The minimum absolute atomic E-state index is 0.475. The van der Waals surface area contributed by atoms with E-state index in [4.69, 9.17) is 10.5 Å². The molecule has 0 spiro atoms. The number of benzene rings is 1. The summed E-state index contributed by atoms with van der Waals surface area (Å²) in [6.45, 7) is 0. The third-order valence-electron chi connectivity index (χ3n) is 3.20. The molecule has 0 saturated heterocycles. The molecule has 0 fully saturated rings. The largest absolute Gasteiger partial charge is 0.497 e. The van der Waals surface area contributed by atoms with Crippen molar-refractivity contribution in [2.75, 3.05) is 7.11 Å². The predicted molar refractivity (Wildman–Crippen MR) is 59.4 cm³/mol. The fourth-order valence-corrected chi connectivity index (χ4v) is 2.23. The van der Waals surface area contributed by atoms with E-state index >= 15 is 0 Å². The van der Waals surface area contributed by atoms with Crippen LogP contribution in [0.4, 0.5) is 0 Å². The molecule has 4 nitrogen and oxygen atoms in total. The Balaban J connectivity index is 2.55. The van der Waals surface area contributed by atoms with Gasteiger partial charge in [0.25, 0.3) is 0 Å². The summed E-state index contributed by atoms with van der Waals surface area (Å²) >= 11 is 0. The minimum Gasteiger partial charge on any atom is -0.497 e. The molecule has 1 aromatic rings. The summed E-state index contributed by atoms with van der Waals surface area (Å²) in [5.74, 6) is -0.321. The van der Waals surface area contributed by atoms with E-state index in [1.165, 1.54) is 0 Å². The lowest BCUT2D eigenvalue weighted by atomic mass is 9.77. The van der Waals surface area contributed by atoms with Crippen molar-refractivity contribution in [3.63, 3.8) is 0 Å². The molecule has 0 radical (unpaired) electrons. The van der Waals surface area contributed by atoms with E-state index in [0.717, 1.165) is 18.4 Å². The molecule has 16 heavy (non-hydrogen) atoms. The fraction of sp³-hybridized carbons (Fsp3) is 0.417. The van der Waals surface area contributed by atoms with Crippen LogP contribution < -0.4 is 10.5 Å². The molecule has 1 aliphatic rings. The summed E-state index contributed by atoms with van der Waals surface area (Å²) in [5.41, 5.74) is 6.42. The standard InChI is InChI=1S/C12H15NO3/c1-16-9-5-4-8-3-2-6-12(13,11(14)15)10(8)7-9/h4-5,7H,2-3,6,13H2,1H3,(H,14,15). The minimum atomic E-state index is -1.26. The van der Waals surface area contributed by atoms with E-state index in [1.807, 2.05) is 12.1 Å². The molecular weight excluding hydrogens is 206 g/mol. The monoisotopic (exact) mass is 221 g/mol. The van der Waals surface area contributed by atoms with Gasteiger partial charge in [0, 0.05) is 0 Å². The van der Waals surface area contributed by atoms with Crippen molar-refractivity contribution in [2.45, 2.75) is 24.8 Å². The third kappa shape index (κ3) is 1.55. The Hall–Kier alpha value is -1.55. The Morgan fingerprint density at radius 1 is 1.56 bits per heavy atom. The molecule has 86 valence electrons. The van der Waals surface area contributed by atoms with Gasteiger partial charge in [0.05, 0.1) is 7.11 Å². The highest BCUT2D eigenvalue weighted by molar-refractivity contribution is 5.81. The molecule has 1 aliphatic carbocycles. The van der Waals surface area contributed by atoms with Gasteiger partial charge in [-0.2, -0.15) is 0 Å². The summed E-state index contributed by atoms with van der Waals surface area (Å²) in [6, 6.07) is 5.48. The fourth-order valence-electron chi connectivity index (χ4n) is 2.23. The van der Waals surface area contributed by atoms with E-state index < -0.39 is 11.5 Å². The van der Waals surface area contributed by atoms with Crippen LogP contribution in [0.25, 0.3) is 0 Å². The predicted octanol–water partition coefficient (Wildman–Crippen LogP) is 1.27. The molecule has 1 atom stereocenters. The van der Waals surface area contributed by atoms with Gasteiger partial charge in [-0.1, -0.05) is 6.07 Å². The second-order valence-corrected chi connectivity index (χ2v) is 4.15. The molecule has 0 amide bonds. The molecule has 0 bridgehead atoms. The SMILES string of the molecule is COc1ccc2c(c1)C(N)(C(=O)O)CCC2.